The summed E-state index contributed by atoms with van der Waals surface area (Å²) < 4.78 is 7.85. The SMILES string of the molecule is Cc1nn(-c2ccccc2)c(C)c1[C@H]1OCC[C@@H]1C(=O)N(C)CC(C)C(=O)O. The molecule has 1 N–H and O–H groups in total. The number of aromatic nitrogens is 2. The Bertz CT molecular complexity index is 862. The highest BCUT2D eigenvalue weighted by atomic mass is 16.5. The minimum atomic E-state index is -0.908. The molecular weight excluding hydrogens is 358 g/mol. The average Bonchev–Trinajstić information content (AvgIpc) is 3.25. The molecule has 3 atom stereocenters. The molecule has 7 nitrogen and oxygen atoms in total. The van der Waals surface area contributed by atoms with Gasteiger partial charge in [-0.05, 0) is 32.4 Å². The Hall–Kier alpha value is -2.67. The minimum Gasteiger partial charge on any atom is -0.481 e. The lowest BCUT2D eigenvalue weighted by molar-refractivity contribution is -0.143. The van der Waals surface area contributed by atoms with Crippen LogP contribution in [0.2, 0.25) is 0 Å². The van der Waals surface area contributed by atoms with Crippen molar-refractivity contribution in [3.63, 3.8) is 0 Å². The van der Waals surface area contributed by atoms with Crippen molar-refractivity contribution in [1.82, 2.24) is 14.7 Å². The van der Waals surface area contributed by atoms with E-state index in [9.17, 15) is 9.59 Å². The second-order valence-electron chi connectivity index (χ2n) is 7.48. The van der Waals surface area contributed by atoms with Crippen LogP contribution in [0.3, 0.4) is 0 Å². The summed E-state index contributed by atoms with van der Waals surface area (Å²) in [5.41, 5.74) is 3.70. The molecule has 0 radical (unpaired) electrons. The van der Waals surface area contributed by atoms with Gasteiger partial charge in [-0.25, -0.2) is 4.68 Å². The number of hydrogen-bond acceptors (Lipinski definition) is 4. The summed E-state index contributed by atoms with van der Waals surface area (Å²) in [6.45, 7) is 6.20. The smallest absolute Gasteiger partial charge is 0.308 e. The fourth-order valence-electron chi connectivity index (χ4n) is 3.88. The first-order chi connectivity index (χ1) is 13.3. The van der Waals surface area contributed by atoms with Gasteiger partial charge in [-0.15, -0.1) is 0 Å². The summed E-state index contributed by atoms with van der Waals surface area (Å²) in [5.74, 6) is -1.94. The van der Waals surface area contributed by atoms with E-state index in [0.29, 0.717) is 13.0 Å². The van der Waals surface area contributed by atoms with Gasteiger partial charge in [-0.1, -0.05) is 25.1 Å². The second-order valence-corrected chi connectivity index (χ2v) is 7.48. The number of aliphatic carboxylic acids is 1. The van der Waals surface area contributed by atoms with Crippen LogP contribution < -0.4 is 0 Å². The lowest BCUT2D eigenvalue weighted by Gasteiger charge is -2.26. The fourth-order valence-corrected chi connectivity index (χ4v) is 3.88. The van der Waals surface area contributed by atoms with E-state index < -0.39 is 11.9 Å². The molecule has 1 aromatic heterocycles. The molecule has 1 saturated heterocycles. The van der Waals surface area contributed by atoms with Crippen LogP contribution >= 0.6 is 0 Å². The van der Waals surface area contributed by atoms with Crippen molar-refractivity contribution in [3.05, 3.63) is 47.3 Å². The molecule has 1 amide bonds. The van der Waals surface area contributed by atoms with Crippen LogP contribution in [0.1, 0.15) is 36.4 Å². The quantitative estimate of drug-likeness (QED) is 0.826. The molecule has 150 valence electrons. The van der Waals surface area contributed by atoms with Crippen molar-refractivity contribution in [2.45, 2.75) is 33.3 Å². The van der Waals surface area contributed by atoms with Gasteiger partial charge in [0, 0.05) is 31.5 Å². The van der Waals surface area contributed by atoms with Gasteiger partial charge in [0.05, 0.1) is 29.3 Å². The lowest BCUT2D eigenvalue weighted by Crippen LogP contribution is -2.38. The summed E-state index contributed by atoms with van der Waals surface area (Å²) >= 11 is 0. The summed E-state index contributed by atoms with van der Waals surface area (Å²) in [5, 5.41) is 13.8. The monoisotopic (exact) mass is 385 g/mol. The summed E-state index contributed by atoms with van der Waals surface area (Å²) in [4.78, 5) is 25.6. The van der Waals surface area contributed by atoms with E-state index in [1.807, 2.05) is 48.9 Å². The molecule has 0 spiro atoms. The molecule has 28 heavy (non-hydrogen) atoms. The Morgan fingerprint density at radius 1 is 1.32 bits per heavy atom. The van der Waals surface area contributed by atoms with Crippen molar-refractivity contribution < 1.29 is 19.4 Å². The van der Waals surface area contributed by atoms with Gasteiger partial charge in [0.1, 0.15) is 0 Å². The number of rotatable bonds is 6. The molecule has 0 aliphatic carbocycles. The topological polar surface area (TPSA) is 84.7 Å². The van der Waals surface area contributed by atoms with Crippen LogP contribution in [-0.2, 0) is 14.3 Å². The van der Waals surface area contributed by atoms with Crippen molar-refractivity contribution in [2.75, 3.05) is 20.2 Å². The Labute approximate surface area is 164 Å². The highest BCUT2D eigenvalue weighted by Crippen LogP contribution is 2.39. The number of hydrogen-bond donors (Lipinski definition) is 1. The van der Waals surface area contributed by atoms with Crippen LogP contribution in [0.15, 0.2) is 30.3 Å². The first-order valence-corrected chi connectivity index (χ1v) is 9.52. The zero-order valence-electron chi connectivity index (χ0n) is 16.8. The number of amides is 1. The van der Waals surface area contributed by atoms with Crippen molar-refractivity contribution >= 4 is 11.9 Å². The largest absolute Gasteiger partial charge is 0.481 e. The predicted octanol–water partition coefficient (Wildman–Crippen LogP) is 2.75. The molecule has 1 aliphatic rings. The van der Waals surface area contributed by atoms with E-state index in [0.717, 1.165) is 22.6 Å². The van der Waals surface area contributed by atoms with E-state index in [1.54, 1.807) is 14.0 Å². The summed E-state index contributed by atoms with van der Waals surface area (Å²) in [6.07, 6.45) is 0.248. The van der Waals surface area contributed by atoms with Gasteiger partial charge >= 0.3 is 5.97 Å². The number of carboxylic acids is 1. The maximum atomic E-state index is 13.0. The number of carboxylic acid groups (broad SMARTS) is 1. The molecule has 1 unspecified atom stereocenters. The first kappa shape index (κ1) is 20.1. The van der Waals surface area contributed by atoms with E-state index in [1.165, 1.54) is 4.90 Å². The maximum Gasteiger partial charge on any atom is 0.308 e. The van der Waals surface area contributed by atoms with Crippen LogP contribution in [-0.4, -0.2) is 51.9 Å². The average molecular weight is 385 g/mol. The Balaban J connectivity index is 1.86. The molecule has 1 aliphatic heterocycles. The molecule has 7 heteroatoms. The number of aryl methyl sites for hydroxylation is 1. The molecule has 2 aromatic rings. The van der Waals surface area contributed by atoms with Crippen LogP contribution in [0.5, 0.6) is 0 Å². The Morgan fingerprint density at radius 2 is 2.00 bits per heavy atom. The lowest BCUT2D eigenvalue weighted by atomic mass is 9.92. The van der Waals surface area contributed by atoms with E-state index in [4.69, 9.17) is 9.84 Å². The van der Waals surface area contributed by atoms with E-state index >= 15 is 0 Å². The normalized spacial score (nSPS) is 20.1. The number of benzene rings is 1. The van der Waals surface area contributed by atoms with Crippen LogP contribution in [0.4, 0.5) is 0 Å². The van der Waals surface area contributed by atoms with Crippen LogP contribution in [0.25, 0.3) is 5.69 Å². The van der Waals surface area contributed by atoms with Crippen molar-refractivity contribution in [2.24, 2.45) is 11.8 Å². The van der Waals surface area contributed by atoms with Crippen LogP contribution in [0, 0.1) is 25.7 Å². The van der Waals surface area contributed by atoms with Crippen molar-refractivity contribution in [1.29, 1.82) is 0 Å². The third-order valence-corrected chi connectivity index (χ3v) is 5.39. The van der Waals surface area contributed by atoms with Gasteiger partial charge < -0.3 is 14.7 Å². The van der Waals surface area contributed by atoms with Gasteiger partial charge in [0.2, 0.25) is 5.91 Å². The number of ether oxygens (including phenoxy) is 1. The third kappa shape index (κ3) is 3.80. The van der Waals surface area contributed by atoms with E-state index in [2.05, 4.69) is 5.10 Å². The second kappa shape index (κ2) is 8.14. The Kier molecular flexibility index (Phi) is 5.84. The third-order valence-electron chi connectivity index (χ3n) is 5.39. The molecule has 3 rings (SSSR count). The fraction of sp³-hybridized carbons (Fsp3) is 0.476. The summed E-state index contributed by atoms with van der Waals surface area (Å²) in [7, 11) is 1.66. The van der Waals surface area contributed by atoms with Crippen molar-refractivity contribution in [3.8, 4) is 5.69 Å². The zero-order valence-corrected chi connectivity index (χ0v) is 16.8. The van der Waals surface area contributed by atoms with Gasteiger partial charge in [0.25, 0.3) is 0 Å². The highest BCUT2D eigenvalue weighted by molar-refractivity contribution is 5.80. The predicted molar refractivity (Wildman–Crippen MR) is 104 cm³/mol. The summed E-state index contributed by atoms with van der Waals surface area (Å²) in [6, 6.07) is 9.86. The van der Waals surface area contributed by atoms with Gasteiger partial charge in [-0.2, -0.15) is 5.10 Å². The number of nitrogens with zero attached hydrogens (tertiary/aromatic N) is 3. The van der Waals surface area contributed by atoms with Gasteiger partial charge in [-0.3, -0.25) is 9.59 Å². The minimum absolute atomic E-state index is 0.0816. The molecule has 2 heterocycles. The molecule has 0 bridgehead atoms. The maximum absolute atomic E-state index is 13.0. The molecular formula is C21H27N3O4. The highest BCUT2D eigenvalue weighted by Gasteiger charge is 2.40. The molecule has 0 saturated carbocycles. The number of para-hydroxylation sites is 1. The number of carbonyl (C=O) groups is 2. The standard InChI is InChI=1S/C21H27N3O4/c1-13(21(26)27)12-23(4)20(25)17-10-11-28-19(17)18-14(2)22-24(15(18)3)16-8-6-5-7-9-16/h5-9,13,17,19H,10-12H2,1-4H3,(H,26,27)/t13?,17-,19-/m0/s1. The number of carbonyl (C=O) groups excluding carboxylic acids is 1. The first-order valence-electron chi connectivity index (χ1n) is 9.52. The van der Waals surface area contributed by atoms with Gasteiger partial charge in [0.15, 0.2) is 0 Å². The molecule has 1 aromatic carbocycles. The zero-order chi connectivity index (χ0) is 20.4. The van der Waals surface area contributed by atoms with E-state index in [-0.39, 0.29) is 24.5 Å². The molecule has 1 fully saturated rings. The Morgan fingerprint density at radius 3 is 2.64 bits per heavy atom.